The molecule has 0 aromatic carbocycles. The summed E-state index contributed by atoms with van der Waals surface area (Å²) in [7, 11) is 0. The Balaban J connectivity index is 0. The Hall–Kier alpha value is -1.93. The molecule has 0 unspecified atom stereocenters. The summed E-state index contributed by atoms with van der Waals surface area (Å²) in [4.78, 5) is 12.1. The van der Waals surface area contributed by atoms with Crippen LogP contribution in [0, 0.1) is 11.3 Å². The molecule has 1 heterocycles. The number of rotatable bonds is 0. The maximum atomic E-state index is 8.36. The highest BCUT2D eigenvalue weighted by atomic mass is 16.3. The molecule has 0 aliphatic rings. The number of hydrogen-bond donors (Lipinski definition) is 1. The van der Waals surface area contributed by atoms with E-state index in [1.165, 1.54) is 6.20 Å². The van der Waals surface area contributed by atoms with Gasteiger partial charge in [-0.3, -0.25) is 9.78 Å². The van der Waals surface area contributed by atoms with Gasteiger partial charge in [0.15, 0.2) is 0 Å². The van der Waals surface area contributed by atoms with Crippen LogP contribution in [0.15, 0.2) is 24.5 Å². The van der Waals surface area contributed by atoms with E-state index < -0.39 is 0 Å². The predicted molar refractivity (Wildman–Crippen MR) is 41.3 cm³/mol. The molecule has 0 aliphatic carbocycles. The first-order valence-corrected chi connectivity index (χ1v) is 2.73. The van der Waals surface area contributed by atoms with Crippen molar-refractivity contribution in [1.29, 1.82) is 5.26 Å². The van der Waals surface area contributed by atoms with Gasteiger partial charge in [0.25, 0.3) is 6.47 Å². The third-order valence-electron chi connectivity index (χ3n) is 0.791. The van der Waals surface area contributed by atoms with Crippen LogP contribution < -0.4 is 0 Å². The van der Waals surface area contributed by atoms with E-state index in [0.29, 0.717) is 5.56 Å². The Labute approximate surface area is 69.2 Å². The van der Waals surface area contributed by atoms with Gasteiger partial charge in [0.2, 0.25) is 0 Å². The molecule has 0 aliphatic heterocycles. The molecule has 1 aromatic heterocycles. The molecule has 0 atom stereocenters. The lowest BCUT2D eigenvalue weighted by atomic mass is 10.3. The van der Waals surface area contributed by atoms with Crippen molar-refractivity contribution in [3.05, 3.63) is 30.1 Å². The molecule has 1 rings (SSSR count). The van der Waals surface area contributed by atoms with Gasteiger partial charge in [-0.25, -0.2) is 0 Å². The van der Waals surface area contributed by atoms with Gasteiger partial charge in [-0.2, -0.15) is 5.26 Å². The molecule has 0 bridgehead atoms. The first-order valence-electron chi connectivity index (χ1n) is 2.73. The van der Waals surface area contributed by atoms with Gasteiger partial charge in [-0.05, 0) is 12.1 Å². The zero-order valence-corrected chi connectivity index (χ0v) is 6.14. The van der Waals surface area contributed by atoms with Gasteiger partial charge in [0.1, 0.15) is 6.07 Å². The SMILES string of the molecule is N#Cc1cccnc1.O.O=CO. The van der Waals surface area contributed by atoms with Crippen molar-refractivity contribution >= 4 is 6.47 Å². The van der Waals surface area contributed by atoms with Crippen LogP contribution in [-0.4, -0.2) is 22.0 Å². The van der Waals surface area contributed by atoms with E-state index in [1.54, 1.807) is 18.3 Å². The molecule has 3 N–H and O–H groups in total. The van der Waals surface area contributed by atoms with Crippen LogP contribution in [-0.2, 0) is 4.79 Å². The molecule has 0 amide bonds. The van der Waals surface area contributed by atoms with Crippen molar-refractivity contribution in [2.45, 2.75) is 0 Å². The maximum absolute atomic E-state index is 8.36. The fraction of sp³-hybridized carbons (Fsp3) is 0. The molecule has 0 spiro atoms. The molecule has 5 nitrogen and oxygen atoms in total. The second-order valence-corrected chi connectivity index (χ2v) is 1.46. The quantitative estimate of drug-likeness (QED) is 0.542. The highest BCUT2D eigenvalue weighted by Crippen LogP contribution is 1.89. The molecular formula is C7H8N2O3. The molecule has 12 heavy (non-hydrogen) atoms. The van der Waals surface area contributed by atoms with Crippen LogP contribution in [0.5, 0.6) is 0 Å². The smallest absolute Gasteiger partial charge is 0.290 e. The topological polar surface area (TPSA) is 105 Å². The van der Waals surface area contributed by atoms with Crippen molar-refractivity contribution in [3.8, 4) is 6.07 Å². The lowest BCUT2D eigenvalue weighted by Gasteiger charge is -1.79. The minimum Gasteiger partial charge on any atom is -0.483 e. The zero-order valence-electron chi connectivity index (χ0n) is 6.14. The zero-order chi connectivity index (χ0) is 8.53. The summed E-state index contributed by atoms with van der Waals surface area (Å²) in [5.41, 5.74) is 0.604. The van der Waals surface area contributed by atoms with Gasteiger partial charge >= 0.3 is 0 Å². The van der Waals surface area contributed by atoms with Crippen molar-refractivity contribution in [1.82, 2.24) is 4.98 Å². The summed E-state index contributed by atoms with van der Waals surface area (Å²) < 4.78 is 0. The van der Waals surface area contributed by atoms with Crippen molar-refractivity contribution in [2.24, 2.45) is 0 Å². The van der Waals surface area contributed by atoms with Gasteiger partial charge < -0.3 is 10.6 Å². The summed E-state index contributed by atoms with van der Waals surface area (Å²) in [6.07, 6.45) is 3.17. The Kier molecular flexibility index (Phi) is 9.61. The number of hydrogen-bond acceptors (Lipinski definition) is 3. The summed E-state index contributed by atoms with van der Waals surface area (Å²) in [6.45, 7) is -0.250. The lowest BCUT2D eigenvalue weighted by Crippen LogP contribution is -1.72. The van der Waals surface area contributed by atoms with Crippen LogP contribution in [0.3, 0.4) is 0 Å². The maximum Gasteiger partial charge on any atom is 0.290 e. The van der Waals surface area contributed by atoms with E-state index in [-0.39, 0.29) is 11.9 Å². The molecular weight excluding hydrogens is 160 g/mol. The fourth-order valence-electron chi connectivity index (χ4n) is 0.429. The first-order chi connectivity index (χ1) is 5.35. The largest absolute Gasteiger partial charge is 0.483 e. The Morgan fingerprint density at radius 1 is 1.67 bits per heavy atom. The number of nitrogens with zero attached hydrogens (tertiary/aromatic N) is 2. The normalized spacial score (nSPS) is 6.25. The number of carboxylic acid groups (broad SMARTS) is 1. The number of nitriles is 1. The van der Waals surface area contributed by atoms with Gasteiger partial charge in [-0.1, -0.05) is 0 Å². The monoisotopic (exact) mass is 168 g/mol. The highest BCUT2D eigenvalue weighted by Gasteiger charge is 1.80. The standard InChI is InChI=1S/C6H4N2.CH2O2.H2O/c7-4-6-2-1-3-8-5-6;2-1-3;/h1-3,5H;1H,(H,2,3);1H2. The average Bonchev–Trinajstić information content (AvgIpc) is 2.08. The molecule has 0 saturated carbocycles. The van der Waals surface area contributed by atoms with Gasteiger partial charge in [0.05, 0.1) is 5.56 Å². The number of aromatic nitrogens is 1. The van der Waals surface area contributed by atoms with Crippen LogP contribution in [0.25, 0.3) is 0 Å². The average molecular weight is 168 g/mol. The second-order valence-electron chi connectivity index (χ2n) is 1.46. The molecule has 0 fully saturated rings. The van der Waals surface area contributed by atoms with E-state index >= 15 is 0 Å². The summed E-state index contributed by atoms with van der Waals surface area (Å²) in [5.74, 6) is 0. The minimum atomic E-state index is -0.250. The molecule has 1 aromatic rings. The second kappa shape index (κ2) is 9.07. The van der Waals surface area contributed by atoms with Crippen molar-refractivity contribution < 1.29 is 15.4 Å². The Morgan fingerprint density at radius 2 is 2.25 bits per heavy atom. The summed E-state index contributed by atoms with van der Waals surface area (Å²) in [6, 6.07) is 5.41. The third kappa shape index (κ3) is 6.19. The van der Waals surface area contributed by atoms with Gasteiger partial charge in [-0.15, -0.1) is 0 Å². The van der Waals surface area contributed by atoms with E-state index in [0.717, 1.165) is 0 Å². The molecule has 5 heteroatoms. The van der Waals surface area contributed by atoms with E-state index in [9.17, 15) is 0 Å². The molecule has 0 radical (unpaired) electrons. The number of carbonyl (C=O) groups is 1. The first kappa shape index (κ1) is 12.7. The third-order valence-corrected chi connectivity index (χ3v) is 0.791. The van der Waals surface area contributed by atoms with Gasteiger partial charge in [0, 0.05) is 12.4 Å². The Morgan fingerprint density at radius 3 is 2.50 bits per heavy atom. The van der Waals surface area contributed by atoms with Crippen LogP contribution in [0.2, 0.25) is 0 Å². The molecule has 0 saturated heterocycles. The van der Waals surface area contributed by atoms with Crippen LogP contribution >= 0.6 is 0 Å². The predicted octanol–water partition coefficient (Wildman–Crippen LogP) is -0.171. The highest BCUT2D eigenvalue weighted by molar-refractivity contribution is 5.32. The van der Waals surface area contributed by atoms with E-state index in [2.05, 4.69) is 4.98 Å². The van der Waals surface area contributed by atoms with E-state index in [4.69, 9.17) is 15.2 Å². The summed E-state index contributed by atoms with van der Waals surface area (Å²) in [5, 5.41) is 15.1. The van der Waals surface area contributed by atoms with Crippen LogP contribution in [0.1, 0.15) is 5.56 Å². The Bertz CT molecular complexity index is 243. The lowest BCUT2D eigenvalue weighted by molar-refractivity contribution is -0.122. The summed E-state index contributed by atoms with van der Waals surface area (Å²) >= 11 is 0. The minimum absolute atomic E-state index is 0. The molecule has 64 valence electrons. The van der Waals surface area contributed by atoms with Crippen molar-refractivity contribution in [3.63, 3.8) is 0 Å². The fourth-order valence-corrected chi connectivity index (χ4v) is 0.429. The number of pyridine rings is 1. The van der Waals surface area contributed by atoms with E-state index in [1.807, 2.05) is 6.07 Å². The van der Waals surface area contributed by atoms with Crippen LogP contribution in [0.4, 0.5) is 0 Å². The van der Waals surface area contributed by atoms with Crippen molar-refractivity contribution in [2.75, 3.05) is 0 Å².